The molecule has 2 atom stereocenters. The second-order valence-electron chi connectivity index (χ2n) is 8.77. The molecule has 0 aromatic heterocycles. The van der Waals surface area contributed by atoms with Crippen molar-refractivity contribution in [3.05, 3.63) is 67.3 Å². The van der Waals surface area contributed by atoms with Gasteiger partial charge in [-0.3, -0.25) is 14.4 Å². The van der Waals surface area contributed by atoms with Crippen LogP contribution in [0.1, 0.15) is 45.1 Å². The summed E-state index contributed by atoms with van der Waals surface area (Å²) < 4.78 is 0. The standard InChI is InChI=1S/C28H35N3O3/c1-5-16-29-27(33)25(19(4)22-15-14-21-11-8-9-12-23(21)18-22)30-26(32)24-13-10-17-31(24)28(34)20(6-2)7-3/h5,8-9,11-12,14-15,18,20,24-25H,1,4,6-7,10,13,16-17H2,2-3H3,(H,29,33)(H,30,32)/t24?,25-/m1/s1. The van der Waals surface area contributed by atoms with Gasteiger partial charge in [0.15, 0.2) is 0 Å². The molecule has 0 bridgehead atoms. The second kappa shape index (κ2) is 11.6. The summed E-state index contributed by atoms with van der Waals surface area (Å²) in [5.41, 5.74) is 1.27. The molecule has 1 aliphatic heterocycles. The number of likely N-dealkylation sites (tertiary alicyclic amines) is 1. The molecule has 1 aliphatic rings. The zero-order valence-corrected chi connectivity index (χ0v) is 20.2. The summed E-state index contributed by atoms with van der Waals surface area (Å²) in [7, 11) is 0. The molecule has 2 aromatic carbocycles. The lowest BCUT2D eigenvalue weighted by Gasteiger charge is -2.29. The van der Waals surface area contributed by atoms with Crippen molar-refractivity contribution < 1.29 is 14.4 Å². The molecule has 1 fully saturated rings. The lowest BCUT2D eigenvalue weighted by molar-refractivity contribution is -0.142. The number of hydrogen-bond donors (Lipinski definition) is 2. The van der Waals surface area contributed by atoms with E-state index < -0.39 is 12.1 Å². The summed E-state index contributed by atoms with van der Waals surface area (Å²) in [6.45, 7) is 12.6. The van der Waals surface area contributed by atoms with Crippen molar-refractivity contribution in [2.75, 3.05) is 13.1 Å². The van der Waals surface area contributed by atoms with Crippen molar-refractivity contribution in [1.82, 2.24) is 15.5 Å². The van der Waals surface area contributed by atoms with Gasteiger partial charge in [-0.15, -0.1) is 6.58 Å². The third-order valence-corrected chi connectivity index (χ3v) is 6.61. The van der Waals surface area contributed by atoms with E-state index in [2.05, 4.69) is 23.8 Å². The van der Waals surface area contributed by atoms with Crippen LogP contribution in [0, 0.1) is 5.92 Å². The van der Waals surface area contributed by atoms with Gasteiger partial charge in [0, 0.05) is 19.0 Å². The maximum Gasteiger partial charge on any atom is 0.247 e. The Kier molecular flexibility index (Phi) is 8.63. The van der Waals surface area contributed by atoms with Crippen LogP contribution < -0.4 is 10.6 Å². The van der Waals surface area contributed by atoms with Gasteiger partial charge in [0.25, 0.3) is 0 Å². The molecule has 0 radical (unpaired) electrons. The van der Waals surface area contributed by atoms with E-state index in [1.165, 1.54) is 0 Å². The first kappa shape index (κ1) is 25.2. The second-order valence-corrected chi connectivity index (χ2v) is 8.77. The van der Waals surface area contributed by atoms with E-state index >= 15 is 0 Å². The highest BCUT2D eigenvalue weighted by atomic mass is 16.2. The van der Waals surface area contributed by atoms with Crippen LogP contribution in [-0.4, -0.2) is 47.8 Å². The monoisotopic (exact) mass is 461 g/mol. The molecule has 34 heavy (non-hydrogen) atoms. The Morgan fingerprint density at radius 2 is 1.82 bits per heavy atom. The van der Waals surface area contributed by atoms with Gasteiger partial charge in [0.05, 0.1) is 0 Å². The molecule has 180 valence electrons. The van der Waals surface area contributed by atoms with Gasteiger partial charge in [-0.05, 0) is 53.7 Å². The van der Waals surface area contributed by atoms with E-state index in [9.17, 15) is 14.4 Å². The van der Waals surface area contributed by atoms with Gasteiger partial charge in [-0.25, -0.2) is 0 Å². The maximum absolute atomic E-state index is 13.3. The highest BCUT2D eigenvalue weighted by Gasteiger charge is 2.38. The third-order valence-electron chi connectivity index (χ3n) is 6.61. The topological polar surface area (TPSA) is 78.5 Å². The molecule has 3 rings (SSSR count). The van der Waals surface area contributed by atoms with Gasteiger partial charge in [0.1, 0.15) is 12.1 Å². The van der Waals surface area contributed by atoms with Crippen molar-refractivity contribution in [3.8, 4) is 0 Å². The Morgan fingerprint density at radius 3 is 2.50 bits per heavy atom. The number of carbonyl (C=O) groups is 3. The number of rotatable bonds is 10. The van der Waals surface area contributed by atoms with E-state index in [-0.39, 0.29) is 30.2 Å². The number of carbonyl (C=O) groups excluding carboxylic acids is 3. The van der Waals surface area contributed by atoms with Gasteiger partial charge in [0.2, 0.25) is 17.7 Å². The zero-order valence-electron chi connectivity index (χ0n) is 20.2. The minimum atomic E-state index is -0.959. The smallest absolute Gasteiger partial charge is 0.247 e. The summed E-state index contributed by atoms with van der Waals surface area (Å²) >= 11 is 0. The van der Waals surface area contributed by atoms with Crippen LogP contribution in [0.25, 0.3) is 16.3 Å². The molecular formula is C28H35N3O3. The molecular weight excluding hydrogens is 426 g/mol. The third kappa shape index (κ3) is 5.56. The van der Waals surface area contributed by atoms with Crippen LogP contribution >= 0.6 is 0 Å². The van der Waals surface area contributed by atoms with Crippen molar-refractivity contribution in [2.45, 2.75) is 51.6 Å². The Labute approximate surface area is 202 Å². The van der Waals surface area contributed by atoms with Gasteiger partial charge < -0.3 is 15.5 Å². The molecule has 6 heteroatoms. The van der Waals surface area contributed by atoms with Crippen LogP contribution in [0.4, 0.5) is 0 Å². The molecule has 1 saturated heterocycles. The molecule has 0 aliphatic carbocycles. The van der Waals surface area contributed by atoms with E-state index in [1.807, 2.05) is 56.3 Å². The number of nitrogens with one attached hydrogen (secondary N) is 2. The van der Waals surface area contributed by atoms with E-state index in [0.717, 1.165) is 35.6 Å². The fourth-order valence-corrected chi connectivity index (χ4v) is 4.56. The SMILES string of the molecule is C=CCNC(=O)[C@H](NC(=O)C1CCCN1C(=O)C(CC)CC)C(=C)c1ccc2ccccc2c1. The Morgan fingerprint density at radius 1 is 1.12 bits per heavy atom. The molecule has 1 unspecified atom stereocenters. The van der Waals surface area contributed by atoms with E-state index in [1.54, 1.807) is 11.0 Å². The Bertz CT molecular complexity index is 1070. The Hall–Kier alpha value is -3.41. The minimum absolute atomic E-state index is 0.0173. The van der Waals surface area contributed by atoms with Crippen LogP contribution in [0.5, 0.6) is 0 Å². The van der Waals surface area contributed by atoms with Crippen LogP contribution in [0.3, 0.4) is 0 Å². The van der Waals surface area contributed by atoms with E-state index in [4.69, 9.17) is 0 Å². The normalized spacial score (nSPS) is 16.3. The van der Waals surface area contributed by atoms with Crippen molar-refractivity contribution in [1.29, 1.82) is 0 Å². The number of nitrogens with zero attached hydrogens (tertiary/aromatic N) is 1. The minimum Gasteiger partial charge on any atom is -0.351 e. The number of benzene rings is 2. The summed E-state index contributed by atoms with van der Waals surface area (Å²) in [6.07, 6.45) is 4.42. The molecule has 0 saturated carbocycles. The van der Waals surface area contributed by atoms with Crippen molar-refractivity contribution >= 4 is 34.1 Å². The lowest BCUT2D eigenvalue weighted by Crippen LogP contribution is -2.54. The predicted octanol–water partition coefficient (Wildman–Crippen LogP) is 4.07. The highest BCUT2D eigenvalue weighted by Crippen LogP contribution is 2.25. The summed E-state index contributed by atoms with van der Waals surface area (Å²) in [4.78, 5) is 41.1. The van der Waals surface area contributed by atoms with Crippen LogP contribution in [0.15, 0.2) is 61.7 Å². The summed E-state index contributed by atoms with van der Waals surface area (Å²) in [6, 6.07) is 12.3. The summed E-state index contributed by atoms with van der Waals surface area (Å²) in [5.74, 6) is -0.754. The fraction of sp³-hybridized carbons (Fsp3) is 0.393. The first-order valence-electron chi connectivity index (χ1n) is 12.1. The van der Waals surface area contributed by atoms with Crippen LogP contribution in [-0.2, 0) is 14.4 Å². The van der Waals surface area contributed by atoms with Crippen molar-refractivity contribution in [3.63, 3.8) is 0 Å². The fourth-order valence-electron chi connectivity index (χ4n) is 4.56. The Balaban J connectivity index is 1.84. The van der Waals surface area contributed by atoms with Crippen molar-refractivity contribution in [2.24, 2.45) is 5.92 Å². The number of amides is 3. The predicted molar refractivity (Wildman–Crippen MR) is 137 cm³/mol. The van der Waals surface area contributed by atoms with Gasteiger partial charge in [-0.1, -0.05) is 62.9 Å². The average molecular weight is 462 g/mol. The average Bonchev–Trinajstić information content (AvgIpc) is 3.36. The van der Waals surface area contributed by atoms with Gasteiger partial charge in [-0.2, -0.15) is 0 Å². The molecule has 1 heterocycles. The largest absolute Gasteiger partial charge is 0.351 e. The van der Waals surface area contributed by atoms with Gasteiger partial charge >= 0.3 is 0 Å². The highest BCUT2D eigenvalue weighted by molar-refractivity contribution is 6.01. The lowest BCUT2D eigenvalue weighted by atomic mass is 9.96. The van der Waals surface area contributed by atoms with E-state index in [0.29, 0.717) is 18.5 Å². The molecule has 2 N–H and O–H groups in total. The summed E-state index contributed by atoms with van der Waals surface area (Å²) in [5, 5.41) is 7.77. The number of hydrogen-bond acceptors (Lipinski definition) is 3. The quantitative estimate of drug-likeness (QED) is 0.524. The molecule has 6 nitrogen and oxygen atoms in total. The molecule has 0 spiro atoms. The number of fused-ring (bicyclic) bond motifs is 1. The maximum atomic E-state index is 13.3. The molecule has 2 aromatic rings. The first-order chi connectivity index (χ1) is 16.4. The molecule has 3 amide bonds. The van der Waals surface area contributed by atoms with Crippen LogP contribution in [0.2, 0.25) is 0 Å². The zero-order chi connectivity index (χ0) is 24.7. The first-order valence-corrected chi connectivity index (χ1v) is 12.1.